The fourth-order valence-electron chi connectivity index (χ4n) is 4.96. The zero-order valence-corrected chi connectivity index (χ0v) is 17.6. The van der Waals surface area contributed by atoms with Gasteiger partial charge in [-0.15, -0.1) is 0 Å². The van der Waals surface area contributed by atoms with Gasteiger partial charge in [-0.1, -0.05) is 0 Å². The third-order valence-electron chi connectivity index (χ3n) is 6.68. The summed E-state index contributed by atoms with van der Waals surface area (Å²) >= 11 is 0. The van der Waals surface area contributed by atoms with E-state index < -0.39 is 27.1 Å². The topological polar surface area (TPSA) is 60.9 Å². The van der Waals surface area contributed by atoms with E-state index in [4.69, 9.17) is 0 Å². The number of sulfonamides is 1. The number of likely N-dealkylation sites (tertiary alicyclic amines) is 2. The van der Waals surface area contributed by atoms with E-state index in [0.717, 1.165) is 25.0 Å². The first kappa shape index (κ1) is 20.7. The standard InChI is InChI=1S/C20H27F2N3O3S/c1-14(2)24-10-15-11-25(29(27,28)16-5-6-17(21)18(22)9-16)13-20(15,12-24)19(26)23-7-3-4-8-23/h5-6,9,14-15H,3-4,7-8,10-13H2,1-2H3/t15-,20-/m0/s1. The van der Waals surface area contributed by atoms with E-state index in [0.29, 0.717) is 32.2 Å². The smallest absolute Gasteiger partial charge is 0.243 e. The van der Waals surface area contributed by atoms with Gasteiger partial charge in [0.05, 0.1) is 10.3 Å². The summed E-state index contributed by atoms with van der Waals surface area (Å²) in [7, 11) is -4.02. The summed E-state index contributed by atoms with van der Waals surface area (Å²) in [4.78, 5) is 17.3. The van der Waals surface area contributed by atoms with Crippen LogP contribution in [-0.2, 0) is 14.8 Å². The fraction of sp³-hybridized carbons (Fsp3) is 0.650. The fourth-order valence-corrected chi connectivity index (χ4v) is 6.53. The number of hydrogen-bond acceptors (Lipinski definition) is 4. The molecule has 6 nitrogen and oxygen atoms in total. The highest BCUT2D eigenvalue weighted by Crippen LogP contribution is 2.46. The molecule has 1 aromatic rings. The lowest BCUT2D eigenvalue weighted by molar-refractivity contribution is -0.141. The molecule has 3 heterocycles. The van der Waals surface area contributed by atoms with E-state index in [-0.39, 0.29) is 35.9 Å². The molecule has 3 fully saturated rings. The van der Waals surface area contributed by atoms with Crippen LogP contribution in [0.25, 0.3) is 0 Å². The van der Waals surface area contributed by atoms with Gasteiger partial charge >= 0.3 is 0 Å². The Morgan fingerprint density at radius 2 is 1.79 bits per heavy atom. The Kier molecular flexibility index (Phi) is 5.19. The largest absolute Gasteiger partial charge is 0.342 e. The van der Waals surface area contributed by atoms with E-state index in [1.54, 1.807) is 0 Å². The molecule has 0 unspecified atom stereocenters. The van der Waals surface area contributed by atoms with Gasteiger partial charge in [0.25, 0.3) is 0 Å². The van der Waals surface area contributed by atoms with Crippen LogP contribution in [0.3, 0.4) is 0 Å². The summed E-state index contributed by atoms with van der Waals surface area (Å²) in [6, 6.07) is 2.89. The van der Waals surface area contributed by atoms with Crippen molar-refractivity contribution in [3.05, 3.63) is 29.8 Å². The first-order chi connectivity index (χ1) is 13.6. The van der Waals surface area contributed by atoms with E-state index >= 15 is 0 Å². The minimum absolute atomic E-state index is 0.0335. The lowest BCUT2D eigenvalue weighted by atomic mass is 9.79. The van der Waals surface area contributed by atoms with Crippen molar-refractivity contribution < 1.29 is 22.0 Å². The number of amides is 1. The Hall–Kier alpha value is -1.58. The maximum atomic E-state index is 13.6. The van der Waals surface area contributed by atoms with Crippen molar-refractivity contribution in [3.8, 4) is 0 Å². The van der Waals surface area contributed by atoms with Gasteiger partial charge < -0.3 is 4.90 Å². The van der Waals surface area contributed by atoms with Gasteiger partial charge in [0.1, 0.15) is 0 Å². The van der Waals surface area contributed by atoms with Crippen LogP contribution in [0.15, 0.2) is 23.1 Å². The van der Waals surface area contributed by atoms with Gasteiger partial charge in [-0.25, -0.2) is 17.2 Å². The average Bonchev–Trinajstić information content (AvgIpc) is 3.37. The molecule has 0 saturated carbocycles. The molecule has 2 atom stereocenters. The van der Waals surface area contributed by atoms with Crippen LogP contribution in [0.4, 0.5) is 8.78 Å². The van der Waals surface area contributed by atoms with Crippen LogP contribution in [0.2, 0.25) is 0 Å². The lowest BCUT2D eigenvalue weighted by Crippen LogP contribution is -2.49. The number of carbonyl (C=O) groups excluding carboxylic acids is 1. The van der Waals surface area contributed by atoms with Gasteiger partial charge in [-0.3, -0.25) is 9.69 Å². The normalized spacial score (nSPS) is 28.4. The molecule has 1 amide bonds. The summed E-state index contributed by atoms with van der Waals surface area (Å²) < 4.78 is 54.5. The molecule has 0 aliphatic carbocycles. The zero-order chi connectivity index (χ0) is 21.0. The second kappa shape index (κ2) is 7.28. The Morgan fingerprint density at radius 1 is 1.10 bits per heavy atom. The number of nitrogens with zero attached hydrogens (tertiary/aromatic N) is 3. The number of fused-ring (bicyclic) bond motifs is 1. The molecule has 0 N–H and O–H groups in total. The number of hydrogen-bond donors (Lipinski definition) is 0. The molecule has 1 aromatic carbocycles. The minimum Gasteiger partial charge on any atom is -0.342 e. The first-order valence-corrected chi connectivity index (χ1v) is 11.6. The van der Waals surface area contributed by atoms with E-state index in [1.165, 1.54) is 4.31 Å². The quantitative estimate of drug-likeness (QED) is 0.737. The van der Waals surface area contributed by atoms with Crippen LogP contribution in [0.1, 0.15) is 26.7 Å². The predicted molar refractivity (Wildman–Crippen MR) is 104 cm³/mol. The second-order valence-corrected chi connectivity index (χ2v) is 10.7. The average molecular weight is 428 g/mol. The monoisotopic (exact) mass is 427 g/mol. The molecule has 3 aliphatic heterocycles. The maximum absolute atomic E-state index is 13.6. The molecule has 9 heteroatoms. The molecule has 0 radical (unpaired) electrons. The van der Waals surface area contributed by atoms with Crippen LogP contribution in [-0.4, -0.2) is 73.7 Å². The van der Waals surface area contributed by atoms with Crippen molar-refractivity contribution in [2.24, 2.45) is 11.3 Å². The van der Waals surface area contributed by atoms with Gasteiger partial charge in [0.2, 0.25) is 15.9 Å². The Bertz CT molecular complexity index is 918. The number of benzene rings is 1. The highest BCUT2D eigenvalue weighted by molar-refractivity contribution is 7.89. The van der Waals surface area contributed by atoms with E-state index in [9.17, 15) is 22.0 Å². The molecule has 4 rings (SSSR count). The molecule has 3 saturated heterocycles. The Labute approximate surface area is 170 Å². The third kappa shape index (κ3) is 3.37. The van der Waals surface area contributed by atoms with E-state index in [2.05, 4.69) is 18.7 Å². The van der Waals surface area contributed by atoms with Crippen molar-refractivity contribution in [1.29, 1.82) is 0 Å². The van der Waals surface area contributed by atoms with Crippen molar-refractivity contribution in [3.63, 3.8) is 0 Å². The molecule has 3 aliphatic rings. The number of carbonyl (C=O) groups is 1. The van der Waals surface area contributed by atoms with Gasteiger partial charge in [0.15, 0.2) is 11.6 Å². The van der Waals surface area contributed by atoms with Crippen molar-refractivity contribution >= 4 is 15.9 Å². The van der Waals surface area contributed by atoms with Gasteiger partial charge in [-0.05, 0) is 44.9 Å². The SMILES string of the molecule is CC(C)N1C[C@H]2CN(S(=O)(=O)c3ccc(F)c(F)c3)C[C@@]2(C(=O)N2CCCC2)C1. The highest BCUT2D eigenvalue weighted by Gasteiger charge is 2.60. The van der Waals surface area contributed by atoms with Crippen LogP contribution < -0.4 is 0 Å². The van der Waals surface area contributed by atoms with Crippen molar-refractivity contribution in [1.82, 2.24) is 14.1 Å². The molecule has 0 aromatic heterocycles. The van der Waals surface area contributed by atoms with Crippen LogP contribution in [0, 0.1) is 23.0 Å². The summed E-state index contributed by atoms with van der Waals surface area (Å²) in [5, 5.41) is 0. The van der Waals surface area contributed by atoms with Crippen LogP contribution >= 0.6 is 0 Å². The summed E-state index contributed by atoms with van der Waals surface area (Å²) in [5.74, 6) is -2.36. The molecule has 160 valence electrons. The molecular formula is C20H27F2N3O3S. The molecular weight excluding hydrogens is 400 g/mol. The number of halogens is 2. The Balaban J connectivity index is 1.66. The van der Waals surface area contributed by atoms with Gasteiger partial charge in [0, 0.05) is 51.2 Å². The number of rotatable bonds is 4. The minimum atomic E-state index is -4.02. The highest BCUT2D eigenvalue weighted by atomic mass is 32.2. The maximum Gasteiger partial charge on any atom is 0.243 e. The first-order valence-electron chi connectivity index (χ1n) is 10.1. The van der Waals surface area contributed by atoms with Crippen molar-refractivity contribution in [2.75, 3.05) is 39.3 Å². The van der Waals surface area contributed by atoms with Crippen molar-refractivity contribution in [2.45, 2.75) is 37.6 Å². The third-order valence-corrected chi connectivity index (χ3v) is 8.49. The molecule has 0 bridgehead atoms. The molecule has 29 heavy (non-hydrogen) atoms. The van der Waals surface area contributed by atoms with Crippen LogP contribution in [0.5, 0.6) is 0 Å². The van der Waals surface area contributed by atoms with Gasteiger partial charge in [-0.2, -0.15) is 4.31 Å². The lowest BCUT2D eigenvalue weighted by Gasteiger charge is -2.33. The molecule has 0 spiro atoms. The summed E-state index contributed by atoms with van der Waals surface area (Å²) in [5.41, 5.74) is -0.778. The summed E-state index contributed by atoms with van der Waals surface area (Å²) in [6.07, 6.45) is 1.94. The Morgan fingerprint density at radius 3 is 2.41 bits per heavy atom. The zero-order valence-electron chi connectivity index (χ0n) is 16.8. The predicted octanol–water partition coefficient (Wildman–Crippen LogP) is 1.92. The summed E-state index contributed by atoms with van der Waals surface area (Å²) in [6.45, 7) is 7.04. The second-order valence-electron chi connectivity index (χ2n) is 8.75. The van der Waals surface area contributed by atoms with E-state index in [1.807, 2.05) is 4.90 Å².